The average Bonchev–Trinajstić information content (AvgIpc) is 2.58. The molecule has 0 aliphatic carbocycles. The number of hydrogen-bond acceptors (Lipinski definition) is 6. The average molecular weight is 369 g/mol. The number of non-ortho nitro benzene ring substituents is 1. The van der Waals surface area contributed by atoms with E-state index in [2.05, 4.69) is 5.32 Å². The van der Waals surface area contributed by atoms with Gasteiger partial charge in [0.25, 0.3) is 5.69 Å². The molecule has 0 aliphatic rings. The molecule has 0 bridgehead atoms. The number of aliphatic hydroxyl groups excluding tert-OH is 1. The van der Waals surface area contributed by atoms with Crippen molar-refractivity contribution in [2.75, 3.05) is 18.5 Å². The van der Waals surface area contributed by atoms with Gasteiger partial charge in [0.1, 0.15) is 12.4 Å². The van der Waals surface area contributed by atoms with Gasteiger partial charge >= 0.3 is 5.97 Å². The van der Waals surface area contributed by atoms with Crippen LogP contribution in [0.4, 0.5) is 15.8 Å². The zero-order valence-corrected chi connectivity index (χ0v) is 13.6. The third kappa shape index (κ3) is 4.88. The Hall–Kier alpha value is -2.71. The Kier molecular flexibility index (Phi) is 6.26. The highest BCUT2D eigenvalue weighted by atomic mass is 35.5. The van der Waals surface area contributed by atoms with Gasteiger partial charge in [-0.2, -0.15) is 0 Å². The molecule has 2 aromatic rings. The Labute approximate surface area is 147 Å². The van der Waals surface area contributed by atoms with Crippen LogP contribution in [0.2, 0.25) is 5.02 Å². The molecule has 0 amide bonds. The second-order valence-corrected chi connectivity index (χ2v) is 5.36. The van der Waals surface area contributed by atoms with Gasteiger partial charge in [-0.3, -0.25) is 10.1 Å². The van der Waals surface area contributed by atoms with Crippen LogP contribution < -0.4 is 5.32 Å². The van der Waals surface area contributed by atoms with Crippen LogP contribution >= 0.6 is 11.6 Å². The maximum Gasteiger partial charge on any atom is 0.340 e. The zero-order chi connectivity index (χ0) is 18.4. The third-order valence-corrected chi connectivity index (χ3v) is 3.59. The molecule has 2 N–H and O–H groups in total. The van der Waals surface area contributed by atoms with Gasteiger partial charge in [-0.1, -0.05) is 17.7 Å². The summed E-state index contributed by atoms with van der Waals surface area (Å²) in [6.07, 6.45) is 0. The van der Waals surface area contributed by atoms with Crippen LogP contribution in [0.25, 0.3) is 0 Å². The lowest BCUT2D eigenvalue weighted by Crippen LogP contribution is -2.13. The number of carbonyl (C=O) groups excluding carboxylic acids is 1. The zero-order valence-electron chi connectivity index (χ0n) is 12.9. The van der Waals surface area contributed by atoms with Crippen molar-refractivity contribution < 1.29 is 24.0 Å². The van der Waals surface area contributed by atoms with Gasteiger partial charge in [-0.15, -0.1) is 0 Å². The summed E-state index contributed by atoms with van der Waals surface area (Å²) in [6, 6.07) is 7.31. The number of aliphatic hydroxyl groups is 1. The van der Waals surface area contributed by atoms with Crippen molar-refractivity contribution >= 4 is 28.9 Å². The number of nitrogens with one attached hydrogen (secondary N) is 1. The van der Waals surface area contributed by atoms with E-state index < -0.39 is 16.7 Å². The molecule has 0 saturated carbocycles. The molecular formula is C16H14ClFN2O5. The van der Waals surface area contributed by atoms with Crippen LogP contribution in [0, 0.1) is 15.9 Å². The Morgan fingerprint density at radius 2 is 2.08 bits per heavy atom. The topological polar surface area (TPSA) is 102 Å². The van der Waals surface area contributed by atoms with Gasteiger partial charge in [-0.05, 0) is 18.2 Å². The summed E-state index contributed by atoms with van der Waals surface area (Å²) in [7, 11) is 0. The van der Waals surface area contributed by atoms with Gasteiger partial charge < -0.3 is 15.2 Å². The molecule has 0 fully saturated rings. The number of hydrogen-bond donors (Lipinski definition) is 2. The minimum Gasteiger partial charge on any atom is -0.457 e. The summed E-state index contributed by atoms with van der Waals surface area (Å²) in [5.41, 5.74) is 0.351. The van der Waals surface area contributed by atoms with E-state index >= 15 is 0 Å². The summed E-state index contributed by atoms with van der Waals surface area (Å²) in [5, 5.41) is 22.6. The summed E-state index contributed by atoms with van der Waals surface area (Å²) < 4.78 is 18.1. The van der Waals surface area contributed by atoms with Gasteiger partial charge in [-0.25, -0.2) is 9.18 Å². The number of carbonyl (C=O) groups is 1. The van der Waals surface area contributed by atoms with E-state index in [0.29, 0.717) is 5.56 Å². The molecule has 0 aliphatic heterocycles. The molecule has 0 spiro atoms. The molecule has 25 heavy (non-hydrogen) atoms. The fourth-order valence-electron chi connectivity index (χ4n) is 2.02. The molecule has 0 heterocycles. The summed E-state index contributed by atoms with van der Waals surface area (Å²) in [6.45, 7) is -0.251. The predicted octanol–water partition coefficient (Wildman–Crippen LogP) is 3.15. The number of esters is 1. The second kappa shape index (κ2) is 8.41. The summed E-state index contributed by atoms with van der Waals surface area (Å²) in [5.74, 6) is -1.33. The minimum absolute atomic E-state index is 0.0547. The highest BCUT2D eigenvalue weighted by Gasteiger charge is 2.18. The summed E-state index contributed by atoms with van der Waals surface area (Å²) in [4.78, 5) is 22.6. The summed E-state index contributed by atoms with van der Waals surface area (Å²) >= 11 is 5.86. The maximum atomic E-state index is 13.0. The monoisotopic (exact) mass is 368 g/mol. The first kappa shape index (κ1) is 18.6. The van der Waals surface area contributed by atoms with E-state index in [1.54, 1.807) is 0 Å². The van der Waals surface area contributed by atoms with Gasteiger partial charge in [0.05, 0.1) is 22.1 Å². The number of ether oxygens (including phenoxy) is 1. The molecule has 0 radical (unpaired) electrons. The normalized spacial score (nSPS) is 10.4. The first-order valence-electron chi connectivity index (χ1n) is 7.16. The number of nitro groups is 1. The first-order chi connectivity index (χ1) is 11.9. The lowest BCUT2D eigenvalue weighted by molar-refractivity contribution is -0.384. The number of anilines is 1. The van der Waals surface area contributed by atoms with E-state index in [-0.39, 0.29) is 41.7 Å². The molecule has 2 rings (SSSR count). The highest BCUT2D eigenvalue weighted by Crippen LogP contribution is 2.24. The molecule has 0 aromatic heterocycles. The van der Waals surface area contributed by atoms with Crippen LogP contribution in [-0.4, -0.2) is 29.2 Å². The lowest BCUT2D eigenvalue weighted by atomic mass is 10.1. The maximum absolute atomic E-state index is 13.0. The Morgan fingerprint density at radius 1 is 1.32 bits per heavy atom. The standard InChI is InChI=1S/C16H14ClFN2O5/c17-14-7-11(18)2-1-10(14)9-25-16(22)13-8-12(20(23)24)3-4-15(13)19-5-6-21/h1-4,7-8,19,21H,5-6,9H2. The number of nitro benzene ring substituents is 1. The lowest BCUT2D eigenvalue weighted by Gasteiger charge is -2.11. The highest BCUT2D eigenvalue weighted by molar-refractivity contribution is 6.31. The van der Waals surface area contributed by atoms with Crippen LogP contribution in [0.1, 0.15) is 15.9 Å². The number of benzene rings is 2. The predicted molar refractivity (Wildman–Crippen MR) is 89.2 cm³/mol. The minimum atomic E-state index is -0.815. The second-order valence-electron chi connectivity index (χ2n) is 4.95. The molecular weight excluding hydrogens is 355 g/mol. The van der Waals surface area contributed by atoms with Gasteiger partial charge in [0, 0.05) is 29.9 Å². The van der Waals surface area contributed by atoms with Crippen molar-refractivity contribution in [2.24, 2.45) is 0 Å². The van der Waals surface area contributed by atoms with Crippen molar-refractivity contribution in [1.82, 2.24) is 0 Å². The number of halogens is 2. The smallest absolute Gasteiger partial charge is 0.340 e. The number of nitrogens with zero attached hydrogens (tertiary/aromatic N) is 1. The van der Waals surface area contributed by atoms with Crippen molar-refractivity contribution in [3.63, 3.8) is 0 Å². The number of rotatable bonds is 7. The van der Waals surface area contributed by atoms with Crippen molar-refractivity contribution in [3.05, 3.63) is 68.5 Å². The van der Waals surface area contributed by atoms with Crippen LogP contribution in [-0.2, 0) is 11.3 Å². The van der Waals surface area contributed by atoms with E-state index in [4.69, 9.17) is 21.4 Å². The fourth-order valence-corrected chi connectivity index (χ4v) is 2.24. The van der Waals surface area contributed by atoms with E-state index in [0.717, 1.165) is 12.1 Å². The fraction of sp³-hybridized carbons (Fsp3) is 0.188. The molecule has 7 nitrogen and oxygen atoms in total. The molecule has 0 atom stereocenters. The molecule has 2 aromatic carbocycles. The van der Waals surface area contributed by atoms with Gasteiger partial charge in [0.15, 0.2) is 0 Å². The Morgan fingerprint density at radius 3 is 2.72 bits per heavy atom. The van der Waals surface area contributed by atoms with Crippen molar-refractivity contribution in [3.8, 4) is 0 Å². The van der Waals surface area contributed by atoms with Crippen molar-refractivity contribution in [2.45, 2.75) is 6.61 Å². The molecule has 0 unspecified atom stereocenters. The molecule has 9 heteroatoms. The Balaban J connectivity index is 2.20. The molecule has 132 valence electrons. The largest absolute Gasteiger partial charge is 0.457 e. The van der Waals surface area contributed by atoms with Crippen LogP contribution in [0.3, 0.4) is 0 Å². The third-order valence-electron chi connectivity index (χ3n) is 3.24. The SMILES string of the molecule is O=C(OCc1ccc(F)cc1Cl)c1cc([N+](=O)[O-])ccc1NCCO. The van der Waals surface area contributed by atoms with E-state index in [1.165, 1.54) is 24.3 Å². The quantitative estimate of drug-likeness (QED) is 0.442. The Bertz CT molecular complexity index is 800. The van der Waals surface area contributed by atoms with Gasteiger partial charge in [0.2, 0.25) is 0 Å². The van der Waals surface area contributed by atoms with E-state index in [1.807, 2.05) is 0 Å². The first-order valence-corrected chi connectivity index (χ1v) is 7.54. The molecule has 0 saturated heterocycles. The van der Waals surface area contributed by atoms with Crippen molar-refractivity contribution in [1.29, 1.82) is 0 Å². The van der Waals surface area contributed by atoms with E-state index in [9.17, 15) is 19.3 Å². The van der Waals surface area contributed by atoms with Crippen LogP contribution in [0.5, 0.6) is 0 Å². The van der Waals surface area contributed by atoms with Crippen LogP contribution in [0.15, 0.2) is 36.4 Å².